The van der Waals surface area contributed by atoms with Crippen molar-refractivity contribution >= 4 is 5.82 Å². The van der Waals surface area contributed by atoms with Gasteiger partial charge >= 0.3 is 0 Å². The second-order valence-electron chi connectivity index (χ2n) is 4.61. The summed E-state index contributed by atoms with van der Waals surface area (Å²) in [6, 6.07) is 4.13. The normalized spacial score (nSPS) is 18.1. The third kappa shape index (κ3) is 3.17. The van der Waals surface area contributed by atoms with E-state index in [1.807, 2.05) is 12.3 Å². The first-order valence-corrected chi connectivity index (χ1v) is 6.40. The molecule has 0 unspecified atom stereocenters. The Kier molecular flexibility index (Phi) is 4.34. The van der Waals surface area contributed by atoms with Crippen LogP contribution in [0, 0.1) is 6.92 Å². The number of nitrogens with two attached hydrogens (primary N) is 1. The van der Waals surface area contributed by atoms with Crippen molar-refractivity contribution in [1.82, 2.24) is 9.88 Å². The zero-order valence-electron chi connectivity index (χ0n) is 10.6. The summed E-state index contributed by atoms with van der Waals surface area (Å²) >= 11 is 0. The van der Waals surface area contributed by atoms with Gasteiger partial charge < -0.3 is 15.5 Å². The summed E-state index contributed by atoms with van der Waals surface area (Å²) in [4.78, 5) is 9.33. The van der Waals surface area contributed by atoms with Crippen molar-refractivity contribution in [2.24, 2.45) is 5.73 Å². The second kappa shape index (κ2) is 5.98. The summed E-state index contributed by atoms with van der Waals surface area (Å²) in [6.07, 6.45) is 3.07. The molecule has 1 saturated heterocycles. The van der Waals surface area contributed by atoms with E-state index in [-0.39, 0.29) is 0 Å². The molecule has 4 heteroatoms. The van der Waals surface area contributed by atoms with Crippen molar-refractivity contribution in [2.45, 2.75) is 13.3 Å². The zero-order chi connectivity index (χ0) is 12.1. The molecule has 0 radical (unpaired) electrons. The molecule has 1 aliphatic heterocycles. The predicted molar refractivity (Wildman–Crippen MR) is 71.3 cm³/mol. The fraction of sp³-hybridized carbons (Fsp3) is 0.615. The van der Waals surface area contributed by atoms with E-state index >= 15 is 0 Å². The molecule has 0 aromatic carbocycles. The molecule has 2 N–H and O–H groups in total. The lowest BCUT2D eigenvalue weighted by atomic mass is 10.2. The van der Waals surface area contributed by atoms with E-state index in [9.17, 15) is 0 Å². The van der Waals surface area contributed by atoms with E-state index in [0.29, 0.717) is 0 Å². The van der Waals surface area contributed by atoms with E-state index in [1.165, 1.54) is 12.0 Å². The molecule has 94 valence electrons. The monoisotopic (exact) mass is 234 g/mol. The molecule has 2 heterocycles. The molecule has 1 aromatic heterocycles. The Bertz CT molecular complexity index is 353. The van der Waals surface area contributed by atoms with Gasteiger partial charge in [0.2, 0.25) is 0 Å². The molecule has 0 saturated carbocycles. The first-order chi connectivity index (χ1) is 8.31. The molecule has 0 amide bonds. The van der Waals surface area contributed by atoms with Gasteiger partial charge in [0.15, 0.2) is 0 Å². The van der Waals surface area contributed by atoms with Gasteiger partial charge in [-0.2, -0.15) is 0 Å². The fourth-order valence-corrected chi connectivity index (χ4v) is 2.40. The van der Waals surface area contributed by atoms with Gasteiger partial charge in [0.25, 0.3) is 0 Å². The molecule has 0 bridgehead atoms. The average molecular weight is 234 g/mol. The molecule has 0 aliphatic carbocycles. The summed E-state index contributed by atoms with van der Waals surface area (Å²) in [5.41, 5.74) is 6.88. The number of aromatic nitrogens is 1. The third-order valence-corrected chi connectivity index (χ3v) is 3.32. The number of nitrogens with zero attached hydrogens (tertiary/aromatic N) is 3. The van der Waals surface area contributed by atoms with Crippen molar-refractivity contribution in [3.8, 4) is 0 Å². The summed E-state index contributed by atoms with van der Waals surface area (Å²) in [5, 5.41) is 0. The summed E-state index contributed by atoms with van der Waals surface area (Å²) in [6.45, 7) is 8.28. The van der Waals surface area contributed by atoms with Crippen LogP contribution in [-0.4, -0.2) is 49.2 Å². The van der Waals surface area contributed by atoms with Crippen molar-refractivity contribution in [2.75, 3.05) is 44.2 Å². The maximum absolute atomic E-state index is 5.61. The Morgan fingerprint density at radius 1 is 1.29 bits per heavy atom. The topological polar surface area (TPSA) is 45.4 Å². The van der Waals surface area contributed by atoms with E-state index in [2.05, 4.69) is 27.8 Å². The zero-order valence-corrected chi connectivity index (χ0v) is 10.6. The highest BCUT2D eigenvalue weighted by Gasteiger charge is 2.16. The third-order valence-electron chi connectivity index (χ3n) is 3.32. The van der Waals surface area contributed by atoms with Crippen molar-refractivity contribution < 1.29 is 0 Å². The summed E-state index contributed by atoms with van der Waals surface area (Å²) < 4.78 is 0. The maximum Gasteiger partial charge on any atom is 0.131 e. The van der Waals surface area contributed by atoms with E-state index in [0.717, 1.165) is 45.1 Å². The number of anilines is 1. The van der Waals surface area contributed by atoms with Crippen LogP contribution in [0.15, 0.2) is 18.3 Å². The van der Waals surface area contributed by atoms with Crippen molar-refractivity contribution in [1.29, 1.82) is 0 Å². The molecule has 0 spiro atoms. The Morgan fingerprint density at radius 3 is 2.94 bits per heavy atom. The second-order valence-corrected chi connectivity index (χ2v) is 4.61. The minimum Gasteiger partial charge on any atom is -0.355 e. The molecular weight excluding hydrogens is 212 g/mol. The van der Waals surface area contributed by atoms with E-state index < -0.39 is 0 Å². The lowest BCUT2D eigenvalue weighted by Crippen LogP contribution is -2.34. The van der Waals surface area contributed by atoms with Gasteiger partial charge in [-0.15, -0.1) is 0 Å². The molecular formula is C13H22N4. The molecule has 1 fully saturated rings. The number of pyridine rings is 1. The van der Waals surface area contributed by atoms with Crippen LogP contribution in [0.4, 0.5) is 5.82 Å². The van der Waals surface area contributed by atoms with Crippen LogP contribution in [0.2, 0.25) is 0 Å². The first kappa shape index (κ1) is 12.3. The van der Waals surface area contributed by atoms with Crippen LogP contribution in [0.1, 0.15) is 12.0 Å². The predicted octanol–water partition coefficient (Wildman–Crippen LogP) is 0.861. The van der Waals surface area contributed by atoms with Crippen molar-refractivity contribution in [3.63, 3.8) is 0 Å². The molecule has 0 atom stereocenters. The quantitative estimate of drug-likeness (QED) is 0.842. The van der Waals surface area contributed by atoms with Gasteiger partial charge in [0, 0.05) is 38.9 Å². The molecule has 1 aliphatic rings. The van der Waals surface area contributed by atoms with E-state index in [4.69, 9.17) is 5.73 Å². The molecule has 2 rings (SSSR count). The lowest BCUT2D eigenvalue weighted by Gasteiger charge is -2.23. The Morgan fingerprint density at radius 2 is 2.18 bits per heavy atom. The first-order valence-electron chi connectivity index (χ1n) is 6.40. The standard InChI is InChI=1S/C13H22N4/c1-12-4-2-6-15-13(12)17-8-3-7-16(9-5-14)10-11-17/h2,4,6H,3,5,7-11,14H2,1H3. The maximum atomic E-state index is 5.61. The van der Waals surface area contributed by atoms with Gasteiger partial charge in [-0.3, -0.25) is 0 Å². The number of hydrogen-bond acceptors (Lipinski definition) is 4. The van der Waals surface area contributed by atoms with Gasteiger partial charge in [-0.1, -0.05) is 6.07 Å². The Labute approximate surface area is 103 Å². The summed E-state index contributed by atoms with van der Waals surface area (Å²) in [5.74, 6) is 1.14. The molecule has 1 aromatic rings. The number of aryl methyl sites for hydroxylation is 1. The molecule has 4 nitrogen and oxygen atoms in total. The van der Waals surface area contributed by atoms with Crippen LogP contribution in [0.3, 0.4) is 0 Å². The summed E-state index contributed by atoms with van der Waals surface area (Å²) in [7, 11) is 0. The van der Waals surface area contributed by atoms with Crippen molar-refractivity contribution in [3.05, 3.63) is 23.9 Å². The Balaban J connectivity index is 2.01. The Hall–Kier alpha value is -1.13. The van der Waals surface area contributed by atoms with E-state index in [1.54, 1.807) is 0 Å². The highest BCUT2D eigenvalue weighted by Crippen LogP contribution is 2.17. The minimum absolute atomic E-state index is 0.753. The largest absolute Gasteiger partial charge is 0.355 e. The fourth-order valence-electron chi connectivity index (χ4n) is 2.40. The van der Waals surface area contributed by atoms with Crippen LogP contribution >= 0.6 is 0 Å². The highest BCUT2D eigenvalue weighted by atomic mass is 15.2. The van der Waals surface area contributed by atoms with Crippen LogP contribution in [0.5, 0.6) is 0 Å². The minimum atomic E-state index is 0.753. The average Bonchev–Trinajstić information content (AvgIpc) is 2.56. The van der Waals surface area contributed by atoms with Gasteiger partial charge in [-0.05, 0) is 31.5 Å². The van der Waals surface area contributed by atoms with Crippen LogP contribution < -0.4 is 10.6 Å². The lowest BCUT2D eigenvalue weighted by molar-refractivity contribution is 0.302. The molecule has 17 heavy (non-hydrogen) atoms. The highest BCUT2D eigenvalue weighted by molar-refractivity contribution is 5.45. The van der Waals surface area contributed by atoms with Gasteiger partial charge in [0.05, 0.1) is 0 Å². The van der Waals surface area contributed by atoms with Gasteiger partial charge in [0.1, 0.15) is 5.82 Å². The smallest absolute Gasteiger partial charge is 0.131 e. The number of hydrogen-bond donors (Lipinski definition) is 1. The van der Waals surface area contributed by atoms with Crippen LogP contribution in [-0.2, 0) is 0 Å². The van der Waals surface area contributed by atoms with Gasteiger partial charge in [-0.25, -0.2) is 4.98 Å². The number of rotatable bonds is 3. The SMILES string of the molecule is Cc1cccnc1N1CCCN(CCN)CC1. The van der Waals surface area contributed by atoms with Crippen LogP contribution in [0.25, 0.3) is 0 Å².